The quantitative estimate of drug-likeness (QED) is 0.194. The first-order chi connectivity index (χ1) is 18.8. The van der Waals surface area contributed by atoms with E-state index in [4.69, 9.17) is 33.0 Å². The minimum absolute atomic E-state index is 0.0382. The minimum atomic E-state index is -0.958. The maximum Gasteiger partial charge on any atom is 0.305 e. The summed E-state index contributed by atoms with van der Waals surface area (Å²) in [5, 5.41) is 13.6. The fourth-order valence-corrected chi connectivity index (χ4v) is 5.11. The van der Waals surface area contributed by atoms with Crippen molar-refractivity contribution in [2.24, 2.45) is 0 Å². The largest absolute Gasteiger partial charge is 0.484 e. The molecule has 2 atom stereocenters. The Morgan fingerprint density at radius 1 is 0.974 bits per heavy atom. The standard InChI is InChI=1S/C31H30Cl2N2O4/c1-3-4-25(20-5-7-22(8-6-20)31(38)35-16-14-28(36)37)30(21-9-11-23(32)12-10-21)39-27-13-15-34-29-19(2)17-24(33)18-26(27)29/h5-13,15,17-18,25,30H,3-4,14,16H2,1-2H3,(H,35,38)(H,36,37)/t25-,30?/m1/s1. The molecule has 6 nitrogen and oxygen atoms in total. The van der Waals surface area contributed by atoms with Crippen LogP contribution in [-0.4, -0.2) is 28.5 Å². The molecule has 0 radical (unpaired) electrons. The van der Waals surface area contributed by atoms with Gasteiger partial charge in [-0.3, -0.25) is 14.6 Å². The number of ether oxygens (including phenoxy) is 1. The van der Waals surface area contributed by atoms with Gasteiger partial charge in [0.1, 0.15) is 11.9 Å². The fourth-order valence-electron chi connectivity index (χ4n) is 4.71. The zero-order valence-electron chi connectivity index (χ0n) is 21.8. The third kappa shape index (κ3) is 7.08. The van der Waals surface area contributed by atoms with Crippen LogP contribution in [0.5, 0.6) is 5.75 Å². The average molecular weight is 565 g/mol. The Morgan fingerprint density at radius 3 is 2.33 bits per heavy atom. The highest BCUT2D eigenvalue weighted by Gasteiger charge is 2.27. The Morgan fingerprint density at radius 2 is 1.67 bits per heavy atom. The lowest BCUT2D eigenvalue weighted by molar-refractivity contribution is -0.136. The lowest BCUT2D eigenvalue weighted by atomic mass is 9.85. The molecule has 4 rings (SSSR count). The topological polar surface area (TPSA) is 88.5 Å². The van der Waals surface area contributed by atoms with Crippen molar-refractivity contribution in [2.75, 3.05) is 6.54 Å². The van der Waals surface area contributed by atoms with Gasteiger partial charge < -0.3 is 15.2 Å². The van der Waals surface area contributed by atoms with Crippen molar-refractivity contribution < 1.29 is 19.4 Å². The first-order valence-corrected chi connectivity index (χ1v) is 13.6. The summed E-state index contributed by atoms with van der Waals surface area (Å²) in [6, 6.07) is 20.7. The molecule has 8 heteroatoms. The zero-order chi connectivity index (χ0) is 27.9. The second-order valence-corrected chi connectivity index (χ2v) is 10.3. The maximum absolute atomic E-state index is 12.5. The van der Waals surface area contributed by atoms with E-state index < -0.39 is 5.97 Å². The van der Waals surface area contributed by atoms with Gasteiger partial charge in [0.05, 0.1) is 11.9 Å². The molecule has 3 aromatic carbocycles. The molecule has 202 valence electrons. The van der Waals surface area contributed by atoms with E-state index in [-0.39, 0.29) is 30.9 Å². The molecule has 1 aromatic heterocycles. The van der Waals surface area contributed by atoms with Gasteiger partial charge in [0.2, 0.25) is 0 Å². The summed E-state index contributed by atoms with van der Waals surface area (Å²) in [7, 11) is 0. The van der Waals surface area contributed by atoms with Gasteiger partial charge in [0, 0.05) is 39.7 Å². The maximum atomic E-state index is 12.5. The number of aliphatic carboxylic acids is 1. The number of aryl methyl sites for hydroxylation is 1. The number of nitrogens with zero attached hydrogens (tertiary/aromatic N) is 1. The number of carboxylic acid groups (broad SMARTS) is 1. The average Bonchev–Trinajstić information content (AvgIpc) is 2.91. The molecule has 0 aliphatic carbocycles. The molecule has 0 saturated carbocycles. The number of nitrogens with one attached hydrogen (secondary N) is 1. The van der Waals surface area contributed by atoms with Crippen LogP contribution >= 0.6 is 23.2 Å². The summed E-state index contributed by atoms with van der Waals surface area (Å²) in [4.78, 5) is 27.8. The second kappa shape index (κ2) is 13.0. The van der Waals surface area contributed by atoms with E-state index in [1.54, 1.807) is 18.3 Å². The Labute approximate surface area is 237 Å². The minimum Gasteiger partial charge on any atom is -0.484 e. The highest BCUT2D eigenvalue weighted by molar-refractivity contribution is 6.31. The van der Waals surface area contributed by atoms with Gasteiger partial charge in [-0.2, -0.15) is 0 Å². The summed E-state index contributed by atoms with van der Waals surface area (Å²) in [5.41, 5.74) is 4.25. The number of carbonyl (C=O) groups excluding carboxylic acids is 1. The predicted molar refractivity (Wildman–Crippen MR) is 155 cm³/mol. The number of carboxylic acids is 1. The first kappa shape index (κ1) is 28.4. The molecule has 1 heterocycles. The second-order valence-electron chi connectivity index (χ2n) is 9.43. The van der Waals surface area contributed by atoms with Crippen LogP contribution in [0.25, 0.3) is 10.9 Å². The van der Waals surface area contributed by atoms with Crippen molar-refractivity contribution in [1.82, 2.24) is 10.3 Å². The van der Waals surface area contributed by atoms with Crippen LogP contribution in [0.15, 0.2) is 72.9 Å². The zero-order valence-corrected chi connectivity index (χ0v) is 23.3. The molecule has 0 saturated heterocycles. The third-order valence-electron chi connectivity index (χ3n) is 6.60. The van der Waals surface area contributed by atoms with Gasteiger partial charge in [-0.1, -0.05) is 60.8 Å². The smallest absolute Gasteiger partial charge is 0.305 e. The highest BCUT2D eigenvalue weighted by Crippen LogP contribution is 2.41. The number of amides is 1. The van der Waals surface area contributed by atoms with Gasteiger partial charge in [-0.15, -0.1) is 0 Å². The molecule has 2 N–H and O–H groups in total. The lowest BCUT2D eigenvalue weighted by Gasteiger charge is -2.29. The monoisotopic (exact) mass is 564 g/mol. The van der Waals surface area contributed by atoms with Crippen LogP contribution in [0.3, 0.4) is 0 Å². The Bertz CT molecular complexity index is 1460. The molecule has 0 fully saturated rings. The van der Waals surface area contributed by atoms with E-state index in [0.29, 0.717) is 21.4 Å². The van der Waals surface area contributed by atoms with Gasteiger partial charge in [0.25, 0.3) is 5.91 Å². The fraction of sp³-hybridized carbons (Fsp3) is 0.258. The molecule has 4 aromatic rings. The van der Waals surface area contributed by atoms with Crippen molar-refractivity contribution in [3.05, 3.63) is 105 Å². The van der Waals surface area contributed by atoms with Crippen molar-refractivity contribution in [3.63, 3.8) is 0 Å². The van der Waals surface area contributed by atoms with Crippen LogP contribution in [-0.2, 0) is 4.79 Å². The number of pyridine rings is 1. The van der Waals surface area contributed by atoms with Crippen molar-refractivity contribution in [3.8, 4) is 5.75 Å². The third-order valence-corrected chi connectivity index (χ3v) is 7.07. The summed E-state index contributed by atoms with van der Waals surface area (Å²) in [5.74, 6) is -0.624. The van der Waals surface area contributed by atoms with Crippen molar-refractivity contribution >= 4 is 46.0 Å². The number of hydrogen-bond acceptors (Lipinski definition) is 4. The molecule has 39 heavy (non-hydrogen) atoms. The molecule has 0 spiro atoms. The summed E-state index contributed by atoms with van der Waals surface area (Å²) >= 11 is 12.6. The number of carbonyl (C=O) groups is 2. The number of hydrogen-bond donors (Lipinski definition) is 2. The van der Waals surface area contributed by atoms with Gasteiger partial charge >= 0.3 is 5.97 Å². The van der Waals surface area contributed by atoms with Crippen molar-refractivity contribution in [2.45, 2.75) is 45.1 Å². The molecule has 1 amide bonds. The van der Waals surface area contributed by atoms with E-state index in [1.807, 2.05) is 61.5 Å². The highest BCUT2D eigenvalue weighted by atomic mass is 35.5. The van der Waals surface area contributed by atoms with Gasteiger partial charge in [0.15, 0.2) is 0 Å². The van der Waals surface area contributed by atoms with Gasteiger partial charge in [-0.25, -0.2) is 0 Å². The molecule has 1 unspecified atom stereocenters. The van der Waals surface area contributed by atoms with Crippen LogP contribution in [0.4, 0.5) is 0 Å². The molecular formula is C31H30Cl2N2O4. The normalized spacial score (nSPS) is 12.6. The predicted octanol–water partition coefficient (Wildman–Crippen LogP) is 7.76. The van der Waals surface area contributed by atoms with E-state index in [0.717, 1.165) is 40.4 Å². The number of halogens is 2. The number of rotatable bonds is 11. The Hall–Kier alpha value is -3.61. The molecule has 0 aliphatic heterocycles. The van der Waals surface area contributed by atoms with Crippen LogP contribution < -0.4 is 10.1 Å². The molecule has 0 bridgehead atoms. The van der Waals surface area contributed by atoms with Crippen LogP contribution in [0.1, 0.15) is 65.3 Å². The SMILES string of the molecule is CCC[C@H](c1ccc(C(=O)NCCC(=O)O)cc1)C(Oc1ccnc2c(C)cc(Cl)cc12)c1ccc(Cl)cc1. The van der Waals surface area contributed by atoms with E-state index in [1.165, 1.54) is 0 Å². The Kier molecular flexibility index (Phi) is 9.44. The summed E-state index contributed by atoms with van der Waals surface area (Å²) in [6.45, 7) is 4.17. The number of aromatic nitrogens is 1. The van der Waals surface area contributed by atoms with Crippen molar-refractivity contribution in [1.29, 1.82) is 0 Å². The van der Waals surface area contributed by atoms with E-state index in [9.17, 15) is 9.59 Å². The molecule has 0 aliphatic rings. The van der Waals surface area contributed by atoms with Crippen LogP contribution in [0, 0.1) is 6.92 Å². The van der Waals surface area contributed by atoms with Crippen LogP contribution in [0.2, 0.25) is 10.0 Å². The van der Waals surface area contributed by atoms with Gasteiger partial charge in [-0.05, 0) is 72.5 Å². The molecular weight excluding hydrogens is 535 g/mol. The van der Waals surface area contributed by atoms with E-state index >= 15 is 0 Å². The Balaban J connectivity index is 1.71. The number of fused-ring (bicyclic) bond motifs is 1. The summed E-state index contributed by atoms with van der Waals surface area (Å²) < 4.78 is 6.81. The lowest BCUT2D eigenvalue weighted by Crippen LogP contribution is -2.26. The van der Waals surface area contributed by atoms with E-state index in [2.05, 4.69) is 17.2 Å². The summed E-state index contributed by atoms with van der Waals surface area (Å²) in [6.07, 6.45) is 3.00. The first-order valence-electron chi connectivity index (χ1n) is 12.8. The number of benzene rings is 3.